The molecule has 0 fully saturated rings. The van der Waals surface area contributed by atoms with Gasteiger partial charge in [0.15, 0.2) is 0 Å². The van der Waals surface area contributed by atoms with Crippen LogP contribution in [-0.4, -0.2) is 26.8 Å². The maximum Gasteiger partial charge on any atom is 0.338 e. The molecule has 1 atom stereocenters. The van der Waals surface area contributed by atoms with Gasteiger partial charge in [-0.15, -0.1) is 0 Å². The van der Waals surface area contributed by atoms with E-state index in [-0.39, 0.29) is 6.10 Å². The molecule has 0 saturated heterocycles. The molecule has 1 aromatic heterocycles. The fraction of sp³-hybridized carbons (Fsp3) is 0.312. The maximum atomic E-state index is 12.7. The van der Waals surface area contributed by atoms with Crippen molar-refractivity contribution < 1.29 is 9.53 Å². The van der Waals surface area contributed by atoms with E-state index in [0.717, 1.165) is 0 Å². The average Bonchev–Trinajstić information content (AvgIpc) is 2.93. The minimum Gasteiger partial charge on any atom is -0.459 e. The van der Waals surface area contributed by atoms with Crippen LogP contribution >= 0.6 is 23.2 Å². The van der Waals surface area contributed by atoms with Crippen molar-refractivity contribution in [3.05, 3.63) is 51.4 Å². The van der Waals surface area contributed by atoms with Gasteiger partial charge in [0.2, 0.25) is 5.95 Å². The predicted octanol–water partition coefficient (Wildman–Crippen LogP) is 3.83. The predicted molar refractivity (Wildman–Crippen MR) is 92.2 cm³/mol. The molecule has 2 heterocycles. The van der Waals surface area contributed by atoms with Crippen LogP contribution in [0.3, 0.4) is 0 Å². The molecule has 1 N–H and O–H groups in total. The third-order valence-electron chi connectivity index (χ3n) is 3.61. The molecule has 126 valence electrons. The van der Waals surface area contributed by atoms with Crippen LogP contribution in [0.4, 0.5) is 5.95 Å². The lowest BCUT2D eigenvalue weighted by atomic mass is 9.95. The van der Waals surface area contributed by atoms with Crippen molar-refractivity contribution in [1.82, 2.24) is 14.8 Å². The van der Waals surface area contributed by atoms with E-state index in [1.807, 2.05) is 0 Å². The summed E-state index contributed by atoms with van der Waals surface area (Å²) >= 11 is 12.4. The first-order chi connectivity index (χ1) is 11.4. The Morgan fingerprint density at radius 3 is 2.79 bits per heavy atom. The molecule has 8 heteroatoms. The lowest BCUT2D eigenvalue weighted by molar-refractivity contribution is -0.143. The number of nitrogens with zero attached hydrogens (tertiary/aromatic N) is 3. The Morgan fingerprint density at radius 2 is 2.12 bits per heavy atom. The zero-order chi connectivity index (χ0) is 17.4. The van der Waals surface area contributed by atoms with Crippen molar-refractivity contribution >= 4 is 35.1 Å². The number of benzene rings is 1. The summed E-state index contributed by atoms with van der Waals surface area (Å²) in [5, 5.41) is 8.27. The van der Waals surface area contributed by atoms with Gasteiger partial charge in [-0.05, 0) is 32.9 Å². The van der Waals surface area contributed by atoms with Crippen LogP contribution < -0.4 is 5.32 Å². The Morgan fingerprint density at radius 1 is 1.38 bits per heavy atom. The lowest BCUT2D eigenvalue weighted by Gasteiger charge is -2.29. The number of hydrogen-bond acceptors (Lipinski definition) is 5. The second-order valence-electron chi connectivity index (χ2n) is 5.71. The number of carbonyl (C=O) groups is 1. The van der Waals surface area contributed by atoms with Gasteiger partial charge in [0.05, 0.1) is 11.7 Å². The van der Waals surface area contributed by atoms with Gasteiger partial charge in [-0.1, -0.05) is 29.3 Å². The highest BCUT2D eigenvalue weighted by Crippen LogP contribution is 2.38. The van der Waals surface area contributed by atoms with Gasteiger partial charge in [-0.25, -0.2) is 9.48 Å². The average molecular weight is 367 g/mol. The summed E-state index contributed by atoms with van der Waals surface area (Å²) in [4.78, 5) is 16.8. The molecule has 0 amide bonds. The van der Waals surface area contributed by atoms with E-state index in [1.165, 1.54) is 6.33 Å². The zero-order valence-electron chi connectivity index (χ0n) is 13.4. The standard InChI is InChI=1S/C16H16Cl2N4O2/c1-8(2)24-15(23)13-9(3)21-16-19-7-20-22(16)14(13)11-5-4-10(17)6-12(11)18/h4-8,14H,1-3H3,(H,19,20,21)/t14-/m0/s1. The quantitative estimate of drug-likeness (QED) is 0.836. The van der Waals surface area contributed by atoms with E-state index in [9.17, 15) is 4.79 Å². The molecule has 0 spiro atoms. The third-order valence-corrected chi connectivity index (χ3v) is 4.18. The number of hydrogen-bond donors (Lipinski definition) is 1. The summed E-state index contributed by atoms with van der Waals surface area (Å²) in [5.41, 5.74) is 1.78. The number of aromatic nitrogens is 3. The van der Waals surface area contributed by atoms with Crippen molar-refractivity contribution in [1.29, 1.82) is 0 Å². The summed E-state index contributed by atoms with van der Waals surface area (Å²) < 4.78 is 7.01. The number of carbonyl (C=O) groups excluding carboxylic acids is 1. The van der Waals surface area contributed by atoms with Crippen molar-refractivity contribution in [2.75, 3.05) is 5.32 Å². The number of esters is 1. The highest BCUT2D eigenvalue weighted by atomic mass is 35.5. The Balaban J connectivity index is 2.16. The lowest BCUT2D eigenvalue weighted by Crippen LogP contribution is -2.30. The first-order valence-corrected chi connectivity index (χ1v) is 8.17. The minimum absolute atomic E-state index is 0.240. The van der Waals surface area contributed by atoms with Gasteiger partial charge in [-0.2, -0.15) is 10.1 Å². The molecule has 1 aliphatic rings. The second kappa shape index (κ2) is 6.45. The Kier molecular flexibility index (Phi) is 4.51. The van der Waals surface area contributed by atoms with E-state index in [0.29, 0.717) is 32.8 Å². The monoisotopic (exact) mass is 366 g/mol. The van der Waals surface area contributed by atoms with Crippen molar-refractivity contribution in [3.63, 3.8) is 0 Å². The Labute approximate surface area is 149 Å². The maximum absolute atomic E-state index is 12.7. The molecule has 6 nitrogen and oxygen atoms in total. The highest BCUT2D eigenvalue weighted by Gasteiger charge is 2.35. The second-order valence-corrected chi connectivity index (χ2v) is 6.56. The highest BCUT2D eigenvalue weighted by molar-refractivity contribution is 6.35. The molecule has 24 heavy (non-hydrogen) atoms. The van der Waals surface area contributed by atoms with Crippen molar-refractivity contribution in [2.45, 2.75) is 32.9 Å². The number of rotatable bonds is 3. The Hall–Kier alpha value is -2.05. The summed E-state index contributed by atoms with van der Waals surface area (Å²) in [6.45, 7) is 5.40. The van der Waals surface area contributed by atoms with Crippen LogP contribution in [0.5, 0.6) is 0 Å². The normalized spacial score (nSPS) is 16.8. The van der Waals surface area contributed by atoms with Gasteiger partial charge in [0.25, 0.3) is 0 Å². The molecular weight excluding hydrogens is 351 g/mol. The van der Waals surface area contributed by atoms with Crippen molar-refractivity contribution in [2.24, 2.45) is 0 Å². The van der Waals surface area contributed by atoms with Gasteiger partial charge < -0.3 is 10.1 Å². The number of ether oxygens (including phenoxy) is 1. The number of halogens is 2. The fourth-order valence-corrected chi connectivity index (χ4v) is 3.16. The minimum atomic E-state index is -0.542. The smallest absolute Gasteiger partial charge is 0.338 e. The molecule has 0 unspecified atom stereocenters. The molecule has 0 aliphatic carbocycles. The molecule has 1 aromatic carbocycles. The summed E-state index contributed by atoms with van der Waals surface area (Å²) in [7, 11) is 0. The van der Waals surface area contributed by atoms with Crippen LogP contribution in [0.15, 0.2) is 35.8 Å². The summed E-state index contributed by atoms with van der Waals surface area (Å²) in [5.74, 6) is 0.108. The number of anilines is 1. The van der Waals surface area contributed by atoms with E-state index in [2.05, 4.69) is 15.4 Å². The number of nitrogens with one attached hydrogen (secondary N) is 1. The zero-order valence-corrected chi connectivity index (χ0v) is 14.9. The first-order valence-electron chi connectivity index (χ1n) is 7.41. The molecule has 1 aliphatic heterocycles. The van der Waals surface area contributed by atoms with E-state index < -0.39 is 12.0 Å². The SMILES string of the molecule is CC1=C(C(=O)OC(C)C)[C@H](c2ccc(Cl)cc2Cl)n2ncnc2N1. The molecular formula is C16H16Cl2N4O2. The van der Waals surface area contributed by atoms with Crippen molar-refractivity contribution in [3.8, 4) is 0 Å². The van der Waals surface area contributed by atoms with Crippen LogP contribution in [0, 0.1) is 0 Å². The van der Waals surface area contributed by atoms with E-state index >= 15 is 0 Å². The van der Waals surface area contributed by atoms with E-state index in [1.54, 1.807) is 43.7 Å². The molecule has 0 radical (unpaired) electrons. The van der Waals surface area contributed by atoms with Crippen LogP contribution in [0.25, 0.3) is 0 Å². The van der Waals surface area contributed by atoms with E-state index in [4.69, 9.17) is 27.9 Å². The van der Waals surface area contributed by atoms with Crippen LogP contribution in [0.1, 0.15) is 32.4 Å². The number of allylic oxidation sites excluding steroid dienone is 1. The first kappa shape index (κ1) is 16.8. The summed E-state index contributed by atoms with van der Waals surface area (Å²) in [6, 6.07) is 4.60. The topological polar surface area (TPSA) is 69.0 Å². The molecule has 0 saturated carbocycles. The summed E-state index contributed by atoms with van der Waals surface area (Å²) in [6.07, 6.45) is 1.18. The van der Waals surface area contributed by atoms with Gasteiger partial charge in [0, 0.05) is 21.3 Å². The van der Waals surface area contributed by atoms with Crippen LogP contribution in [-0.2, 0) is 9.53 Å². The fourth-order valence-electron chi connectivity index (χ4n) is 2.64. The largest absolute Gasteiger partial charge is 0.459 e. The van der Waals surface area contributed by atoms with Gasteiger partial charge >= 0.3 is 5.97 Å². The molecule has 3 rings (SSSR count). The van der Waals surface area contributed by atoms with Gasteiger partial charge in [-0.3, -0.25) is 0 Å². The molecule has 0 bridgehead atoms. The third kappa shape index (κ3) is 2.99. The number of fused-ring (bicyclic) bond motifs is 1. The van der Waals surface area contributed by atoms with Gasteiger partial charge in [0.1, 0.15) is 12.4 Å². The Bertz CT molecular complexity index is 829. The molecule has 2 aromatic rings. The van der Waals surface area contributed by atoms with Crippen LogP contribution in [0.2, 0.25) is 10.0 Å².